The largest absolute Gasteiger partial charge is 0.482 e. The van der Waals surface area contributed by atoms with Crippen LogP contribution in [-0.4, -0.2) is 11.9 Å². The van der Waals surface area contributed by atoms with E-state index in [1.165, 1.54) is 38.5 Å². The molecular weight excluding hydrogens is 540 g/mol. The van der Waals surface area contributed by atoms with Crippen LogP contribution in [0, 0.1) is 23.2 Å². The van der Waals surface area contributed by atoms with Crippen molar-refractivity contribution < 1.29 is 13.9 Å². The molecule has 34 heavy (non-hydrogen) atoms. The van der Waals surface area contributed by atoms with Crippen LogP contribution >= 0.6 is 58.0 Å². The standard InChI is InChI=1S/C25H26Cl5NO3/c1-2-17(25-8-12-5-13(9-25)7-14(6-12)10-25)31-24(32)16-4-3-15(34-16)11-33-23-21(29)19(27)18(26)20(28)22(23)30/h3-4,12-14,17H,2,5-11H2,1H3,(H,31,32). The summed E-state index contributed by atoms with van der Waals surface area (Å²) in [6.45, 7) is 2.16. The lowest BCUT2D eigenvalue weighted by atomic mass is 9.47. The van der Waals surface area contributed by atoms with E-state index in [1.54, 1.807) is 12.1 Å². The maximum Gasteiger partial charge on any atom is 0.287 e. The van der Waals surface area contributed by atoms with Gasteiger partial charge in [-0.15, -0.1) is 0 Å². The van der Waals surface area contributed by atoms with Crippen LogP contribution in [0.15, 0.2) is 16.5 Å². The zero-order valence-electron chi connectivity index (χ0n) is 18.7. The Morgan fingerprint density at radius 2 is 1.50 bits per heavy atom. The van der Waals surface area contributed by atoms with Gasteiger partial charge in [-0.25, -0.2) is 0 Å². The summed E-state index contributed by atoms with van der Waals surface area (Å²) in [6.07, 6.45) is 8.77. The van der Waals surface area contributed by atoms with E-state index in [2.05, 4.69) is 12.2 Å². The molecule has 0 saturated heterocycles. The molecule has 1 N–H and O–H groups in total. The molecule has 4 bridgehead atoms. The highest BCUT2D eigenvalue weighted by Gasteiger charge is 2.54. The summed E-state index contributed by atoms with van der Waals surface area (Å²) >= 11 is 30.7. The van der Waals surface area contributed by atoms with Gasteiger partial charge in [-0.1, -0.05) is 64.9 Å². The van der Waals surface area contributed by atoms with Crippen LogP contribution in [0.2, 0.25) is 25.1 Å². The summed E-state index contributed by atoms with van der Waals surface area (Å²) in [5.74, 6) is 3.11. The van der Waals surface area contributed by atoms with E-state index < -0.39 is 0 Å². The Bertz CT molecular complexity index is 1050. The van der Waals surface area contributed by atoms with E-state index in [-0.39, 0.29) is 60.6 Å². The normalized spacial score (nSPS) is 28.2. The molecule has 4 saturated carbocycles. The number of rotatable bonds is 7. The van der Waals surface area contributed by atoms with Gasteiger partial charge in [0.25, 0.3) is 5.91 Å². The average Bonchev–Trinajstić information content (AvgIpc) is 3.28. The number of furan rings is 1. The Balaban J connectivity index is 1.26. The molecule has 9 heteroatoms. The predicted octanol–water partition coefficient (Wildman–Crippen LogP) is 8.85. The van der Waals surface area contributed by atoms with E-state index in [9.17, 15) is 4.79 Å². The number of amides is 1. The third kappa shape index (κ3) is 4.43. The van der Waals surface area contributed by atoms with Gasteiger partial charge in [-0.2, -0.15) is 0 Å². The number of hydrogen-bond acceptors (Lipinski definition) is 3. The Kier molecular flexibility index (Phi) is 7.02. The van der Waals surface area contributed by atoms with Crippen LogP contribution in [0.4, 0.5) is 0 Å². The van der Waals surface area contributed by atoms with Crippen molar-refractivity contribution in [1.82, 2.24) is 5.32 Å². The molecule has 1 heterocycles. The second kappa shape index (κ2) is 9.59. The summed E-state index contributed by atoms with van der Waals surface area (Å²) in [4.78, 5) is 13.1. The number of benzene rings is 1. The van der Waals surface area contributed by atoms with Crippen molar-refractivity contribution in [2.45, 2.75) is 64.5 Å². The van der Waals surface area contributed by atoms with E-state index in [0.29, 0.717) is 5.76 Å². The van der Waals surface area contributed by atoms with E-state index in [4.69, 9.17) is 67.2 Å². The summed E-state index contributed by atoms with van der Waals surface area (Å²) in [5.41, 5.74) is 0.234. The molecule has 0 radical (unpaired) electrons. The van der Waals surface area contributed by atoms with Crippen molar-refractivity contribution in [3.63, 3.8) is 0 Å². The lowest BCUT2D eigenvalue weighted by Crippen LogP contribution is -2.56. The topological polar surface area (TPSA) is 51.5 Å². The zero-order valence-corrected chi connectivity index (χ0v) is 22.5. The van der Waals surface area contributed by atoms with E-state index in [1.807, 2.05) is 0 Å². The fourth-order valence-electron chi connectivity index (χ4n) is 6.95. The molecule has 4 fully saturated rings. The molecular formula is C25H26Cl5NO3. The van der Waals surface area contributed by atoms with Gasteiger partial charge in [0.15, 0.2) is 11.5 Å². The van der Waals surface area contributed by atoms with Crippen LogP contribution in [0.3, 0.4) is 0 Å². The molecule has 184 valence electrons. The number of halogens is 5. The highest BCUT2D eigenvalue weighted by atomic mass is 35.5. The van der Waals surface area contributed by atoms with Gasteiger partial charge in [0.05, 0.1) is 15.1 Å². The third-order valence-electron chi connectivity index (χ3n) is 7.95. The third-order valence-corrected chi connectivity index (χ3v) is 10.2. The fourth-order valence-corrected chi connectivity index (χ4v) is 8.18. The van der Waals surface area contributed by atoms with E-state index >= 15 is 0 Å². The number of carbonyl (C=O) groups excluding carboxylic acids is 1. The first-order valence-corrected chi connectivity index (χ1v) is 13.6. The summed E-state index contributed by atoms with van der Waals surface area (Å²) in [5, 5.41) is 3.60. The number of ether oxygens (including phenoxy) is 1. The minimum Gasteiger partial charge on any atom is -0.482 e. The van der Waals surface area contributed by atoms with Crippen molar-refractivity contribution in [2.75, 3.05) is 0 Å². The summed E-state index contributed by atoms with van der Waals surface area (Å²) in [6, 6.07) is 3.52. The van der Waals surface area contributed by atoms with Crippen molar-refractivity contribution >= 4 is 63.9 Å². The molecule has 4 nitrogen and oxygen atoms in total. The lowest BCUT2D eigenvalue weighted by molar-refractivity contribution is -0.0728. The molecule has 1 amide bonds. The van der Waals surface area contributed by atoms with Crippen molar-refractivity contribution in [3.8, 4) is 5.75 Å². The Morgan fingerprint density at radius 3 is 2.03 bits per heavy atom. The van der Waals surface area contributed by atoms with Crippen LogP contribution in [0.1, 0.15) is 68.2 Å². The van der Waals surface area contributed by atoms with Gasteiger partial charge in [-0.3, -0.25) is 4.79 Å². The average molecular weight is 566 g/mol. The maximum absolute atomic E-state index is 13.1. The number of carbonyl (C=O) groups is 1. The molecule has 1 unspecified atom stereocenters. The molecule has 1 atom stereocenters. The van der Waals surface area contributed by atoms with Crippen molar-refractivity contribution in [3.05, 3.63) is 48.8 Å². The van der Waals surface area contributed by atoms with Gasteiger partial charge in [-0.05, 0) is 80.2 Å². The van der Waals surface area contributed by atoms with Gasteiger partial charge >= 0.3 is 0 Å². The Hall–Kier alpha value is -0.780. The molecule has 1 aromatic heterocycles. The van der Waals surface area contributed by atoms with Crippen LogP contribution in [0.25, 0.3) is 0 Å². The molecule has 6 rings (SSSR count). The molecule has 0 spiro atoms. The first-order chi connectivity index (χ1) is 16.2. The van der Waals surface area contributed by atoms with Crippen LogP contribution in [-0.2, 0) is 6.61 Å². The molecule has 4 aliphatic carbocycles. The van der Waals surface area contributed by atoms with E-state index in [0.717, 1.165) is 24.2 Å². The Morgan fingerprint density at radius 1 is 0.971 bits per heavy atom. The number of nitrogens with one attached hydrogen (secondary N) is 1. The molecule has 2 aromatic rings. The quantitative estimate of drug-likeness (QED) is 0.269. The maximum atomic E-state index is 13.1. The minimum absolute atomic E-state index is 0.00675. The highest BCUT2D eigenvalue weighted by molar-refractivity contribution is 6.55. The summed E-state index contributed by atoms with van der Waals surface area (Å²) in [7, 11) is 0. The SMILES string of the molecule is CCC(NC(=O)c1ccc(COc2c(Cl)c(Cl)c(Cl)c(Cl)c2Cl)o1)C12CC3CC(CC(C3)C1)C2. The molecule has 1 aromatic carbocycles. The summed E-state index contributed by atoms with van der Waals surface area (Å²) < 4.78 is 11.5. The van der Waals surface area contributed by atoms with Gasteiger partial charge in [0.2, 0.25) is 0 Å². The monoisotopic (exact) mass is 563 g/mol. The second-order valence-electron chi connectivity index (χ2n) is 10.2. The number of hydrogen-bond donors (Lipinski definition) is 1. The zero-order chi connectivity index (χ0) is 24.2. The van der Waals surface area contributed by atoms with Crippen LogP contribution in [0.5, 0.6) is 5.75 Å². The first kappa shape index (κ1) is 24.9. The van der Waals surface area contributed by atoms with Crippen molar-refractivity contribution in [1.29, 1.82) is 0 Å². The molecule has 0 aliphatic heterocycles. The minimum atomic E-state index is -0.192. The highest BCUT2D eigenvalue weighted by Crippen LogP contribution is 2.61. The first-order valence-electron chi connectivity index (χ1n) is 11.7. The van der Waals surface area contributed by atoms with Gasteiger partial charge < -0.3 is 14.5 Å². The van der Waals surface area contributed by atoms with Gasteiger partial charge in [0.1, 0.15) is 22.4 Å². The second-order valence-corrected chi connectivity index (χ2v) is 12.1. The van der Waals surface area contributed by atoms with Gasteiger partial charge in [0, 0.05) is 6.04 Å². The van der Waals surface area contributed by atoms with Crippen LogP contribution < -0.4 is 10.1 Å². The molecule has 4 aliphatic rings. The fraction of sp³-hybridized carbons (Fsp3) is 0.560. The predicted molar refractivity (Wildman–Crippen MR) is 137 cm³/mol. The Labute approximate surface area is 224 Å². The lowest BCUT2D eigenvalue weighted by Gasteiger charge is -2.59. The smallest absolute Gasteiger partial charge is 0.287 e. The van der Waals surface area contributed by atoms with Crippen molar-refractivity contribution in [2.24, 2.45) is 23.2 Å².